The molecule has 2 aromatic heterocycles. The number of rotatable bonds is 5. The van der Waals surface area contributed by atoms with Crippen molar-refractivity contribution in [1.29, 1.82) is 0 Å². The van der Waals surface area contributed by atoms with Crippen molar-refractivity contribution in [2.45, 2.75) is 63.8 Å². The van der Waals surface area contributed by atoms with Gasteiger partial charge in [-0.15, -0.1) is 0 Å². The van der Waals surface area contributed by atoms with Crippen LogP contribution in [-0.4, -0.2) is 48.8 Å². The number of aromatic amines is 1. The molecule has 3 heterocycles. The van der Waals surface area contributed by atoms with E-state index >= 15 is 0 Å². The fraction of sp³-hybridized carbons (Fsp3) is 0.522. The van der Waals surface area contributed by atoms with E-state index in [1.165, 1.54) is 12.4 Å². The van der Waals surface area contributed by atoms with Crippen LogP contribution < -0.4 is 4.74 Å². The summed E-state index contributed by atoms with van der Waals surface area (Å²) in [4.78, 5) is 15.6. The van der Waals surface area contributed by atoms with Gasteiger partial charge < -0.3 is 14.8 Å². The molecule has 36 heavy (non-hydrogen) atoms. The van der Waals surface area contributed by atoms with E-state index in [0.717, 1.165) is 12.3 Å². The SMILES string of the molecule is CC(C)C(Oc1cc(C(F)(F)F)c2nc[nH]c2c1)N1CCC(O)(c2cnc(C(F)(F)F)cn2)CC1C. The van der Waals surface area contributed by atoms with Crippen LogP contribution in [-0.2, 0) is 18.0 Å². The second kappa shape index (κ2) is 9.18. The molecule has 3 atom stereocenters. The van der Waals surface area contributed by atoms with Crippen molar-refractivity contribution in [3.63, 3.8) is 0 Å². The number of halogens is 6. The third kappa shape index (κ3) is 5.12. The number of aliphatic hydroxyl groups is 1. The van der Waals surface area contributed by atoms with Crippen molar-refractivity contribution in [1.82, 2.24) is 24.8 Å². The Morgan fingerprint density at radius 1 is 1.08 bits per heavy atom. The van der Waals surface area contributed by atoms with Crippen molar-refractivity contribution in [3.05, 3.63) is 47.8 Å². The molecule has 1 aliphatic rings. The first-order chi connectivity index (χ1) is 16.7. The molecule has 13 heteroatoms. The van der Waals surface area contributed by atoms with Gasteiger partial charge >= 0.3 is 12.4 Å². The van der Waals surface area contributed by atoms with Gasteiger partial charge in [0, 0.05) is 24.6 Å². The normalized spacial score (nSPS) is 22.8. The van der Waals surface area contributed by atoms with E-state index in [9.17, 15) is 31.4 Å². The zero-order valence-corrected chi connectivity index (χ0v) is 19.7. The lowest BCUT2D eigenvalue weighted by Crippen LogP contribution is -2.55. The molecule has 7 nitrogen and oxygen atoms in total. The van der Waals surface area contributed by atoms with E-state index < -0.39 is 35.4 Å². The van der Waals surface area contributed by atoms with Gasteiger partial charge in [0.15, 0.2) is 11.9 Å². The number of hydrogen-bond acceptors (Lipinski definition) is 6. The van der Waals surface area contributed by atoms with Crippen LogP contribution in [0.5, 0.6) is 5.75 Å². The molecule has 2 N–H and O–H groups in total. The number of piperidine rings is 1. The predicted octanol–water partition coefficient (Wildman–Crippen LogP) is 5.12. The van der Waals surface area contributed by atoms with Crippen LogP contribution in [0.3, 0.4) is 0 Å². The van der Waals surface area contributed by atoms with Crippen LogP contribution >= 0.6 is 0 Å². The Balaban J connectivity index is 1.56. The second-order valence-electron chi connectivity index (χ2n) is 9.38. The quantitative estimate of drug-likeness (QED) is 0.457. The molecule has 0 spiro atoms. The van der Waals surface area contributed by atoms with Crippen LogP contribution in [0.25, 0.3) is 11.0 Å². The number of nitrogens with zero attached hydrogens (tertiary/aromatic N) is 4. The smallest absolute Gasteiger partial charge is 0.434 e. The molecule has 1 aliphatic heterocycles. The van der Waals surface area contributed by atoms with Crippen LogP contribution in [0.4, 0.5) is 26.3 Å². The lowest BCUT2D eigenvalue weighted by Gasteiger charge is -2.46. The minimum absolute atomic E-state index is 0.0133. The Hall–Kier alpha value is -2.93. The molecule has 4 rings (SSSR count). The highest BCUT2D eigenvalue weighted by Gasteiger charge is 2.43. The molecule has 0 amide bonds. The summed E-state index contributed by atoms with van der Waals surface area (Å²) in [5.41, 5.74) is -3.56. The second-order valence-corrected chi connectivity index (χ2v) is 9.38. The maximum absolute atomic E-state index is 13.6. The molecule has 196 valence electrons. The Bertz CT molecular complexity index is 1210. The van der Waals surface area contributed by atoms with Crippen LogP contribution in [0.1, 0.15) is 50.6 Å². The summed E-state index contributed by atoms with van der Waals surface area (Å²) in [6.45, 7) is 5.79. The number of hydrogen-bond donors (Lipinski definition) is 2. The van der Waals surface area contributed by atoms with Gasteiger partial charge in [0.05, 0.1) is 35.5 Å². The van der Waals surface area contributed by atoms with E-state index in [-0.39, 0.29) is 53.8 Å². The van der Waals surface area contributed by atoms with Crippen LogP contribution in [0.15, 0.2) is 30.9 Å². The summed E-state index contributed by atoms with van der Waals surface area (Å²) in [5.74, 6) is -0.129. The summed E-state index contributed by atoms with van der Waals surface area (Å²) in [6.07, 6.45) is -6.96. The monoisotopic (exact) mass is 517 g/mol. The van der Waals surface area contributed by atoms with Gasteiger partial charge in [-0.1, -0.05) is 13.8 Å². The molecule has 1 saturated heterocycles. The highest BCUT2D eigenvalue weighted by atomic mass is 19.4. The Kier molecular flexibility index (Phi) is 6.67. The molecular weight excluding hydrogens is 492 g/mol. The van der Waals surface area contributed by atoms with Gasteiger partial charge in [-0.05, 0) is 25.8 Å². The van der Waals surface area contributed by atoms with Crippen LogP contribution in [0.2, 0.25) is 0 Å². The van der Waals surface area contributed by atoms with Gasteiger partial charge in [-0.3, -0.25) is 9.88 Å². The number of ether oxygens (including phenoxy) is 1. The summed E-state index contributed by atoms with van der Waals surface area (Å²) in [5, 5.41) is 11.2. The fourth-order valence-corrected chi connectivity index (χ4v) is 4.60. The van der Waals surface area contributed by atoms with Gasteiger partial charge in [-0.2, -0.15) is 26.3 Å². The van der Waals surface area contributed by atoms with E-state index in [1.54, 1.807) is 6.92 Å². The summed E-state index contributed by atoms with van der Waals surface area (Å²) >= 11 is 0. The average molecular weight is 517 g/mol. The van der Waals surface area contributed by atoms with Crippen molar-refractivity contribution < 1.29 is 36.2 Å². The highest BCUT2D eigenvalue weighted by Crippen LogP contribution is 2.39. The van der Waals surface area contributed by atoms with E-state index in [4.69, 9.17) is 4.74 Å². The molecule has 0 radical (unpaired) electrons. The molecule has 0 aliphatic carbocycles. The number of benzene rings is 1. The summed E-state index contributed by atoms with van der Waals surface area (Å²) < 4.78 is 85.3. The van der Waals surface area contributed by atoms with E-state index in [2.05, 4.69) is 19.9 Å². The van der Waals surface area contributed by atoms with Gasteiger partial charge in [0.25, 0.3) is 0 Å². The third-order valence-electron chi connectivity index (χ3n) is 6.36. The Morgan fingerprint density at radius 2 is 1.81 bits per heavy atom. The molecule has 0 bridgehead atoms. The lowest BCUT2D eigenvalue weighted by molar-refractivity contribution is -0.141. The standard InChI is InChI=1S/C23H25F6N5O2/c1-12(2)20(36-14-6-15(22(24,25)26)19-16(7-14)32-11-33-19)34-5-4-21(35,8-13(34)3)17-9-31-18(10-30-17)23(27,28)29/h6-7,9-13,20,35H,4-5,8H2,1-3H3,(H,32,33). The van der Waals surface area contributed by atoms with Gasteiger partial charge in [-0.25, -0.2) is 9.97 Å². The number of likely N-dealkylation sites (tertiary alicyclic amines) is 1. The molecule has 0 saturated carbocycles. The maximum Gasteiger partial charge on any atom is 0.434 e. The fourth-order valence-electron chi connectivity index (χ4n) is 4.60. The first kappa shape index (κ1) is 26.1. The van der Waals surface area contributed by atoms with Crippen molar-refractivity contribution in [2.24, 2.45) is 5.92 Å². The molecular formula is C23H25F6N5O2. The Labute approximate surface area is 202 Å². The van der Waals surface area contributed by atoms with Crippen molar-refractivity contribution in [2.75, 3.05) is 6.54 Å². The van der Waals surface area contributed by atoms with E-state index in [0.29, 0.717) is 6.20 Å². The lowest BCUT2D eigenvalue weighted by atomic mass is 9.84. The van der Waals surface area contributed by atoms with Gasteiger partial charge in [0.1, 0.15) is 16.9 Å². The predicted molar refractivity (Wildman–Crippen MR) is 117 cm³/mol. The molecule has 3 unspecified atom stereocenters. The zero-order valence-electron chi connectivity index (χ0n) is 19.7. The minimum Gasteiger partial charge on any atom is -0.475 e. The molecule has 3 aromatic rings. The number of fused-ring (bicyclic) bond motifs is 1. The number of alkyl halides is 6. The molecule has 1 fully saturated rings. The first-order valence-electron chi connectivity index (χ1n) is 11.3. The zero-order chi connectivity index (χ0) is 26.5. The third-order valence-corrected chi connectivity index (χ3v) is 6.36. The number of H-pyrrole nitrogens is 1. The topological polar surface area (TPSA) is 87.2 Å². The van der Waals surface area contributed by atoms with E-state index in [1.807, 2.05) is 18.7 Å². The Morgan fingerprint density at radius 3 is 2.36 bits per heavy atom. The largest absolute Gasteiger partial charge is 0.475 e. The average Bonchev–Trinajstić information content (AvgIpc) is 3.24. The number of aromatic nitrogens is 4. The maximum atomic E-state index is 13.6. The van der Waals surface area contributed by atoms with Crippen LogP contribution in [0, 0.1) is 5.92 Å². The van der Waals surface area contributed by atoms with Crippen molar-refractivity contribution in [3.8, 4) is 5.75 Å². The first-order valence-corrected chi connectivity index (χ1v) is 11.3. The number of imidazole rings is 1. The summed E-state index contributed by atoms with van der Waals surface area (Å²) in [6, 6.07) is 2.04. The van der Waals surface area contributed by atoms with Crippen molar-refractivity contribution >= 4 is 11.0 Å². The summed E-state index contributed by atoms with van der Waals surface area (Å²) in [7, 11) is 0. The highest BCUT2D eigenvalue weighted by molar-refractivity contribution is 5.80. The minimum atomic E-state index is -4.64. The molecule has 1 aromatic carbocycles. The number of nitrogens with one attached hydrogen (secondary N) is 1. The van der Waals surface area contributed by atoms with Gasteiger partial charge in [0.2, 0.25) is 0 Å².